The molecule has 0 radical (unpaired) electrons. The average molecular weight is 217 g/mol. The number of aryl methyl sites for hydroxylation is 1. The quantitative estimate of drug-likeness (QED) is 0.803. The molecule has 1 N–H and O–H groups in total. The Bertz CT molecular complexity index is 377. The average Bonchev–Trinajstić information content (AvgIpc) is 2.64. The number of rotatable bonds is 3. The van der Waals surface area contributed by atoms with Gasteiger partial charge in [-0.1, -0.05) is 19.9 Å². The van der Waals surface area contributed by atoms with Gasteiger partial charge in [0.2, 0.25) is 0 Å². The third-order valence-corrected chi connectivity index (χ3v) is 3.35. The largest absolute Gasteiger partial charge is 0.383 e. The van der Waals surface area contributed by atoms with Crippen molar-refractivity contribution in [3.05, 3.63) is 28.8 Å². The Hall–Kier alpha value is -0.980. The second-order valence-electron chi connectivity index (χ2n) is 5.51. The molecule has 1 aliphatic carbocycles. The van der Waals surface area contributed by atoms with Crippen molar-refractivity contribution in [2.24, 2.45) is 0 Å². The molecule has 0 saturated heterocycles. The van der Waals surface area contributed by atoms with Crippen LogP contribution in [0.25, 0.3) is 0 Å². The summed E-state index contributed by atoms with van der Waals surface area (Å²) >= 11 is 0. The van der Waals surface area contributed by atoms with Crippen LogP contribution < -0.4 is 5.32 Å². The number of hydrogen-bond donors (Lipinski definition) is 1. The Morgan fingerprint density at radius 3 is 2.44 bits per heavy atom. The second-order valence-corrected chi connectivity index (χ2v) is 5.51. The van der Waals surface area contributed by atoms with Crippen molar-refractivity contribution in [1.82, 2.24) is 0 Å². The molecular weight excluding hydrogens is 194 g/mol. The van der Waals surface area contributed by atoms with Gasteiger partial charge in [0.15, 0.2) is 0 Å². The first-order valence-electron chi connectivity index (χ1n) is 6.50. The summed E-state index contributed by atoms with van der Waals surface area (Å²) in [6.07, 6.45) is 3.84. The van der Waals surface area contributed by atoms with Crippen LogP contribution in [0, 0.1) is 0 Å². The maximum atomic E-state index is 3.60. The molecule has 0 heterocycles. The molecule has 0 fully saturated rings. The summed E-state index contributed by atoms with van der Waals surface area (Å²) in [5.41, 5.74) is 6.00. The maximum Gasteiger partial charge on any atom is 0.0380 e. The zero-order valence-corrected chi connectivity index (χ0v) is 10.9. The fourth-order valence-corrected chi connectivity index (χ4v) is 2.50. The van der Waals surface area contributed by atoms with E-state index in [-0.39, 0.29) is 0 Å². The molecule has 1 nitrogen and oxygen atoms in total. The molecule has 0 bridgehead atoms. The molecule has 0 atom stereocenters. The lowest BCUT2D eigenvalue weighted by atomic mass is 9.96. The Kier molecular flexibility index (Phi) is 3.22. The Balaban J connectivity index is 2.41. The topological polar surface area (TPSA) is 12.0 Å². The molecule has 0 amide bonds. The maximum absolute atomic E-state index is 3.60. The van der Waals surface area contributed by atoms with E-state index in [1.807, 2.05) is 0 Å². The number of anilines is 1. The van der Waals surface area contributed by atoms with E-state index < -0.39 is 0 Å². The summed E-state index contributed by atoms with van der Waals surface area (Å²) in [6, 6.07) is 5.29. The summed E-state index contributed by atoms with van der Waals surface area (Å²) in [5, 5.41) is 3.60. The van der Waals surface area contributed by atoms with E-state index in [1.54, 1.807) is 11.1 Å². The standard InChI is InChI=1S/C15H23N/c1-10(2)13-8-12-6-5-7-14(12)15(9-13)16-11(3)4/h8-11,16H,5-7H2,1-4H3. The predicted octanol–water partition coefficient (Wildman–Crippen LogP) is 4.12. The summed E-state index contributed by atoms with van der Waals surface area (Å²) in [5.74, 6) is 0.624. The smallest absolute Gasteiger partial charge is 0.0380 e. The minimum absolute atomic E-state index is 0.520. The van der Waals surface area contributed by atoms with Gasteiger partial charge in [-0.15, -0.1) is 0 Å². The zero-order valence-electron chi connectivity index (χ0n) is 10.9. The van der Waals surface area contributed by atoms with Gasteiger partial charge in [0.05, 0.1) is 0 Å². The fourth-order valence-electron chi connectivity index (χ4n) is 2.50. The van der Waals surface area contributed by atoms with Crippen LogP contribution in [0.3, 0.4) is 0 Å². The predicted molar refractivity (Wildman–Crippen MR) is 71.3 cm³/mol. The number of benzene rings is 1. The van der Waals surface area contributed by atoms with Gasteiger partial charge >= 0.3 is 0 Å². The molecule has 1 aliphatic rings. The van der Waals surface area contributed by atoms with Crippen molar-refractivity contribution in [2.45, 2.75) is 58.9 Å². The lowest BCUT2D eigenvalue weighted by molar-refractivity contribution is 0.857. The van der Waals surface area contributed by atoms with Crippen molar-refractivity contribution in [2.75, 3.05) is 5.32 Å². The highest BCUT2D eigenvalue weighted by Gasteiger charge is 2.17. The molecule has 0 saturated carbocycles. The van der Waals surface area contributed by atoms with Crippen LogP contribution in [0.5, 0.6) is 0 Å². The molecule has 2 rings (SSSR count). The van der Waals surface area contributed by atoms with Crippen LogP contribution in [-0.4, -0.2) is 6.04 Å². The highest BCUT2D eigenvalue weighted by Crippen LogP contribution is 2.33. The summed E-state index contributed by atoms with van der Waals surface area (Å²) < 4.78 is 0. The summed E-state index contributed by atoms with van der Waals surface area (Å²) in [7, 11) is 0. The first kappa shape index (κ1) is 11.5. The van der Waals surface area contributed by atoms with E-state index in [0.29, 0.717) is 12.0 Å². The Morgan fingerprint density at radius 1 is 1.06 bits per heavy atom. The van der Waals surface area contributed by atoms with Gasteiger partial charge < -0.3 is 5.32 Å². The van der Waals surface area contributed by atoms with Gasteiger partial charge in [0.25, 0.3) is 0 Å². The molecule has 1 aromatic carbocycles. The van der Waals surface area contributed by atoms with Crippen LogP contribution >= 0.6 is 0 Å². The van der Waals surface area contributed by atoms with Crippen LogP contribution in [-0.2, 0) is 12.8 Å². The van der Waals surface area contributed by atoms with Crippen LogP contribution in [0.2, 0.25) is 0 Å². The first-order valence-corrected chi connectivity index (χ1v) is 6.50. The Labute approximate surface area is 99.3 Å². The molecule has 1 aromatic rings. The van der Waals surface area contributed by atoms with Gasteiger partial charge in [0.1, 0.15) is 0 Å². The third-order valence-electron chi connectivity index (χ3n) is 3.35. The van der Waals surface area contributed by atoms with Gasteiger partial charge in [-0.2, -0.15) is 0 Å². The van der Waals surface area contributed by atoms with Gasteiger partial charge in [0, 0.05) is 11.7 Å². The molecular formula is C15H23N. The van der Waals surface area contributed by atoms with Gasteiger partial charge in [-0.05, 0) is 61.8 Å². The number of hydrogen-bond acceptors (Lipinski definition) is 1. The molecule has 88 valence electrons. The van der Waals surface area contributed by atoms with Crippen molar-refractivity contribution < 1.29 is 0 Å². The normalized spacial score (nSPS) is 14.6. The molecule has 1 heteroatoms. The lowest BCUT2D eigenvalue weighted by Crippen LogP contribution is -2.12. The SMILES string of the molecule is CC(C)Nc1cc(C(C)C)cc2c1CCC2. The van der Waals surface area contributed by atoms with E-state index >= 15 is 0 Å². The van der Waals surface area contributed by atoms with Crippen molar-refractivity contribution in [3.63, 3.8) is 0 Å². The van der Waals surface area contributed by atoms with Crippen molar-refractivity contribution in [1.29, 1.82) is 0 Å². The molecule has 0 aromatic heterocycles. The highest BCUT2D eigenvalue weighted by molar-refractivity contribution is 5.59. The molecule has 0 spiro atoms. The monoisotopic (exact) mass is 217 g/mol. The van der Waals surface area contributed by atoms with E-state index in [0.717, 1.165) is 0 Å². The Morgan fingerprint density at radius 2 is 1.81 bits per heavy atom. The number of fused-ring (bicyclic) bond motifs is 1. The minimum atomic E-state index is 0.520. The molecule has 0 unspecified atom stereocenters. The van der Waals surface area contributed by atoms with Crippen molar-refractivity contribution >= 4 is 5.69 Å². The lowest BCUT2D eigenvalue weighted by Gasteiger charge is -2.17. The van der Waals surface area contributed by atoms with E-state index in [4.69, 9.17) is 0 Å². The summed E-state index contributed by atoms with van der Waals surface area (Å²) in [4.78, 5) is 0. The zero-order chi connectivity index (χ0) is 11.7. The molecule has 16 heavy (non-hydrogen) atoms. The van der Waals surface area contributed by atoms with Gasteiger partial charge in [-0.25, -0.2) is 0 Å². The second kappa shape index (κ2) is 4.48. The van der Waals surface area contributed by atoms with Crippen LogP contribution in [0.4, 0.5) is 5.69 Å². The minimum Gasteiger partial charge on any atom is -0.383 e. The number of nitrogens with one attached hydrogen (secondary N) is 1. The van der Waals surface area contributed by atoms with Crippen LogP contribution in [0.15, 0.2) is 12.1 Å². The van der Waals surface area contributed by atoms with E-state index in [9.17, 15) is 0 Å². The highest BCUT2D eigenvalue weighted by atomic mass is 14.9. The third kappa shape index (κ3) is 2.23. The van der Waals surface area contributed by atoms with Gasteiger partial charge in [-0.3, -0.25) is 0 Å². The van der Waals surface area contributed by atoms with Crippen LogP contribution in [0.1, 0.15) is 56.7 Å². The van der Waals surface area contributed by atoms with Crippen molar-refractivity contribution in [3.8, 4) is 0 Å². The fraction of sp³-hybridized carbons (Fsp3) is 0.600. The van der Waals surface area contributed by atoms with E-state index in [2.05, 4.69) is 45.1 Å². The first-order chi connectivity index (χ1) is 7.58. The molecule has 0 aliphatic heterocycles. The summed E-state index contributed by atoms with van der Waals surface area (Å²) in [6.45, 7) is 8.97. The van der Waals surface area contributed by atoms with E-state index in [1.165, 1.54) is 30.5 Å².